The molecule has 106 valence electrons. The SMILES string of the molecule is CC(C)[C@H](C)NC(=O)Nc1ccccc1C(C)(C)C. The quantitative estimate of drug-likeness (QED) is 0.844. The van der Waals surface area contributed by atoms with Gasteiger partial charge in [-0.25, -0.2) is 4.79 Å². The summed E-state index contributed by atoms with van der Waals surface area (Å²) in [6.45, 7) is 12.6. The first-order chi connectivity index (χ1) is 8.71. The predicted octanol–water partition coefficient (Wildman–Crippen LogP) is 4.15. The van der Waals surface area contributed by atoms with Gasteiger partial charge >= 0.3 is 6.03 Å². The molecule has 1 rings (SSSR count). The van der Waals surface area contributed by atoms with Crippen LogP contribution in [0.2, 0.25) is 0 Å². The Morgan fingerprint density at radius 1 is 1.11 bits per heavy atom. The van der Waals surface area contributed by atoms with Crippen LogP contribution in [0.4, 0.5) is 10.5 Å². The Labute approximate surface area is 116 Å². The number of hydrogen-bond acceptors (Lipinski definition) is 1. The maximum absolute atomic E-state index is 12.0. The lowest BCUT2D eigenvalue weighted by Crippen LogP contribution is -2.39. The summed E-state index contributed by atoms with van der Waals surface area (Å²) in [6.07, 6.45) is 0. The van der Waals surface area contributed by atoms with E-state index in [-0.39, 0.29) is 17.5 Å². The first-order valence-electron chi connectivity index (χ1n) is 6.89. The van der Waals surface area contributed by atoms with Crippen LogP contribution < -0.4 is 10.6 Å². The van der Waals surface area contributed by atoms with E-state index in [1.807, 2.05) is 25.1 Å². The van der Waals surface area contributed by atoms with E-state index in [2.05, 4.69) is 51.3 Å². The number of urea groups is 1. The standard InChI is InChI=1S/C16H26N2O/c1-11(2)12(3)17-15(19)18-14-10-8-7-9-13(14)16(4,5)6/h7-12H,1-6H3,(H2,17,18,19)/t12-/m0/s1. The number of carbonyl (C=O) groups excluding carboxylic acids is 1. The molecule has 0 aliphatic carbocycles. The molecule has 3 heteroatoms. The number of hydrogen-bond donors (Lipinski definition) is 2. The van der Waals surface area contributed by atoms with Crippen molar-refractivity contribution >= 4 is 11.7 Å². The maximum atomic E-state index is 12.0. The molecular weight excluding hydrogens is 236 g/mol. The molecular formula is C16H26N2O. The molecule has 0 aromatic heterocycles. The molecule has 3 nitrogen and oxygen atoms in total. The molecule has 2 amide bonds. The lowest BCUT2D eigenvalue weighted by Gasteiger charge is -2.24. The second kappa shape index (κ2) is 6.09. The van der Waals surface area contributed by atoms with Gasteiger partial charge in [0.1, 0.15) is 0 Å². The van der Waals surface area contributed by atoms with E-state index in [0.717, 1.165) is 11.3 Å². The average molecular weight is 262 g/mol. The van der Waals surface area contributed by atoms with E-state index >= 15 is 0 Å². The van der Waals surface area contributed by atoms with E-state index in [1.54, 1.807) is 0 Å². The van der Waals surface area contributed by atoms with Gasteiger partial charge in [0, 0.05) is 11.7 Å². The van der Waals surface area contributed by atoms with Crippen LogP contribution in [-0.4, -0.2) is 12.1 Å². The van der Waals surface area contributed by atoms with Crippen LogP contribution >= 0.6 is 0 Å². The predicted molar refractivity (Wildman–Crippen MR) is 81.6 cm³/mol. The highest BCUT2D eigenvalue weighted by molar-refractivity contribution is 5.90. The number of benzene rings is 1. The van der Waals surface area contributed by atoms with Crippen LogP contribution in [0.15, 0.2) is 24.3 Å². The molecule has 0 aliphatic rings. The van der Waals surface area contributed by atoms with Crippen LogP contribution in [0, 0.1) is 5.92 Å². The van der Waals surface area contributed by atoms with Gasteiger partial charge in [0.15, 0.2) is 0 Å². The molecule has 0 saturated carbocycles. The Morgan fingerprint density at radius 2 is 1.68 bits per heavy atom. The molecule has 0 bridgehead atoms. The topological polar surface area (TPSA) is 41.1 Å². The summed E-state index contributed by atoms with van der Waals surface area (Å²) in [4.78, 5) is 12.0. The molecule has 0 heterocycles. The molecule has 1 aromatic carbocycles. The zero-order valence-corrected chi connectivity index (χ0v) is 12.9. The van der Waals surface area contributed by atoms with Crippen LogP contribution in [-0.2, 0) is 5.41 Å². The summed E-state index contributed by atoms with van der Waals surface area (Å²) < 4.78 is 0. The van der Waals surface area contributed by atoms with Crippen LogP contribution in [0.1, 0.15) is 47.1 Å². The molecule has 0 radical (unpaired) electrons. The first-order valence-corrected chi connectivity index (χ1v) is 6.89. The zero-order chi connectivity index (χ0) is 14.6. The highest BCUT2D eigenvalue weighted by Gasteiger charge is 2.19. The monoisotopic (exact) mass is 262 g/mol. The van der Waals surface area contributed by atoms with Gasteiger partial charge in [-0.1, -0.05) is 52.8 Å². The lowest BCUT2D eigenvalue weighted by molar-refractivity contribution is 0.246. The van der Waals surface area contributed by atoms with E-state index in [0.29, 0.717) is 5.92 Å². The minimum Gasteiger partial charge on any atom is -0.335 e. The summed E-state index contributed by atoms with van der Waals surface area (Å²) in [7, 11) is 0. The second-order valence-corrected chi connectivity index (χ2v) is 6.43. The fourth-order valence-corrected chi connectivity index (χ4v) is 1.78. The molecule has 1 aromatic rings. The van der Waals surface area contributed by atoms with Gasteiger partial charge in [0.25, 0.3) is 0 Å². The minimum absolute atomic E-state index is 0.00748. The highest BCUT2D eigenvalue weighted by atomic mass is 16.2. The molecule has 0 spiro atoms. The van der Waals surface area contributed by atoms with Crippen molar-refractivity contribution in [1.29, 1.82) is 0 Å². The smallest absolute Gasteiger partial charge is 0.319 e. The van der Waals surface area contributed by atoms with Crippen molar-refractivity contribution in [3.05, 3.63) is 29.8 Å². The molecule has 1 atom stereocenters. The fourth-order valence-electron chi connectivity index (χ4n) is 1.78. The number of rotatable bonds is 3. The number of carbonyl (C=O) groups is 1. The Kier molecular flexibility index (Phi) is 4.98. The number of para-hydroxylation sites is 1. The largest absolute Gasteiger partial charge is 0.335 e. The van der Waals surface area contributed by atoms with Crippen molar-refractivity contribution in [2.45, 2.75) is 53.0 Å². The third-order valence-electron chi connectivity index (χ3n) is 3.34. The third kappa shape index (κ3) is 4.58. The van der Waals surface area contributed by atoms with E-state index in [4.69, 9.17) is 0 Å². The van der Waals surface area contributed by atoms with Crippen molar-refractivity contribution < 1.29 is 4.79 Å². The highest BCUT2D eigenvalue weighted by Crippen LogP contribution is 2.29. The van der Waals surface area contributed by atoms with Gasteiger partial charge < -0.3 is 10.6 Å². The van der Waals surface area contributed by atoms with E-state index < -0.39 is 0 Å². The molecule has 0 aliphatic heterocycles. The summed E-state index contributed by atoms with van der Waals surface area (Å²) in [6, 6.07) is 7.96. The molecule has 19 heavy (non-hydrogen) atoms. The molecule has 0 saturated heterocycles. The fraction of sp³-hybridized carbons (Fsp3) is 0.562. The Morgan fingerprint density at radius 3 is 2.21 bits per heavy atom. The average Bonchev–Trinajstić information content (AvgIpc) is 2.27. The molecule has 0 fully saturated rings. The van der Waals surface area contributed by atoms with Gasteiger partial charge in [0.2, 0.25) is 0 Å². The summed E-state index contributed by atoms with van der Waals surface area (Å²) in [5, 5.41) is 5.91. The Bertz CT molecular complexity index is 433. The van der Waals surface area contributed by atoms with Crippen molar-refractivity contribution in [3.63, 3.8) is 0 Å². The van der Waals surface area contributed by atoms with Crippen molar-refractivity contribution in [2.24, 2.45) is 5.92 Å². The van der Waals surface area contributed by atoms with Gasteiger partial charge in [-0.2, -0.15) is 0 Å². The molecule has 2 N–H and O–H groups in total. The third-order valence-corrected chi connectivity index (χ3v) is 3.34. The van der Waals surface area contributed by atoms with Crippen molar-refractivity contribution in [3.8, 4) is 0 Å². The van der Waals surface area contributed by atoms with Crippen molar-refractivity contribution in [1.82, 2.24) is 5.32 Å². The first kappa shape index (κ1) is 15.5. The number of amides is 2. The normalized spacial score (nSPS) is 13.2. The lowest BCUT2D eigenvalue weighted by atomic mass is 9.86. The zero-order valence-electron chi connectivity index (χ0n) is 12.9. The Hall–Kier alpha value is -1.51. The molecule has 0 unspecified atom stereocenters. The van der Waals surface area contributed by atoms with Crippen LogP contribution in [0.3, 0.4) is 0 Å². The number of nitrogens with one attached hydrogen (secondary N) is 2. The van der Waals surface area contributed by atoms with Crippen molar-refractivity contribution in [2.75, 3.05) is 5.32 Å². The minimum atomic E-state index is -0.141. The Balaban J connectivity index is 2.80. The second-order valence-electron chi connectivity index (χ2n) is 6.43. The van der Waals surface area contributed by atoms with Crippen LogP contribution in [0.25, 0.3) is 0 Å². The number of anilines is 1. The maximum Gasteiger partial charge on any atom is 0.319 e. The van der Waals surface area contributed by atoms with Crippen LogP contribution in [0.5, 0.6) is 0 Å². The summed E-state index contributed by atoms with van der Waals surface area (Å²) >= 11 is 0. The van der Waals surface area contributed by atoms with Gasteiger partial charge in [-0.05, 0) is 29.9 Å². The van der Waals surface area contributed by atoms with Gasteiger partial charge in [-0.15, -0.1) is 0 Å². The summed E-state index contributed by atoms with van der Waals surface area (Å²) in [5.74, 6) is 0.420. The van der Waals surface area contributed by atoms with Gasteiger partial charge in [-0.3, -0.25) is 0 Å². The summed E-state index contributed by atoms with van der Waals surface area (Å²) in [5.41, 5.74) is 2.03. The van der Waals surface area contributed by atoms with E-state index in [1.165, 1.54) is 0 Å². The van der Waals surface area contributed by atoms with Gasteiger partial charge in [0.05, 0.1) is 0 Å². The van der Waals surface area contributed by atoms with E-state index in [9.17, 15) is 4.79 Å².